The summed E-state index contributed by atoms with van der Waals surface area (Å²) in [7, 11) is 1.51. The zero-order valence-corrected chi connectivity index (χ0v) is 17.6. The van der Waals surface area contributed by atoms with Gasteiger partial charge in [-0.1, -0.05) is 25.3 Å². The number of benzene rings is 1. The Morgan fingerprint density at radius 3 is 2.29 bits per heavy atom. The summed E-state index contributed by atoms with van der Waals surface area (Å²) in [5, 5.41) is 3.37. The minimum Gasteiger partial charge on any atom is -0.496 e. The zero-order chi connectivity index (χ0) is 18.6. The number of hydrogen-bond donors (Lipinski definition) is 1. The highest BCUT2D eigenvalue weighted by atomic mass is 35.5. The summed E-state index contributed by atoms with van der Waals surface area (Å²) in [6.07, 6.45) is 1.29. The van der Waals surface area contributed by atoms with Crippen molar-refractivity contribution in [2.24, 2.45) is 5.92 Å². The molecule has 1 saturated carbocycles. The molecule has 1 atom stereocenters. The molecule has 2 aliphatic rings. The number of rotatable bonds is 5. The summed E-state index contributed by atoms with van der Waals surface area (Å²) in [5.41, 5.74) is 0.968. The van der Waals surface area contributed by atoms with Gasteiger partial charge in [-0.3, -0.25) is 4.90 Å². The van der Waals surface area contributed by atoms with Crippen LogP contribution in [0.4, 0.5) is 13.2 Å². The van der Waals surface area contributed by atoms with Gasteiger partial charge < -0.3 is 14.8 Å². The largest absolute Gasteiger partial charge is 0.573 e. The SMILES string of the molecule is COc1cc(OC(F)(F)F)ccc1[C@@H](C1CCCCC1)N1CCNCC1.Cl.Cl. The molecule has 1 heterocycles. The molecule has 1 aromatic carbocycles. The van der Waals surface area contributed by atoms with Crippen molar-refractivity contribution in [2.45, 2.75) is 44.5 Å². The van der Waals surface area contributed by atoms with Crippen molar-refractivity contribution in [2.75, 3.05) is 33.3 Å². The van der Waals surface area contributed by atoms with Crippen LogP contribution < -0.4 is 14.8 Å². The lowest BCUT2D eigenvalue weighted by Gasteiger charge is -2.41. The van der Waals surface area contributed by atoms with Gasteiger partial charge in [-0.15, -0.1) is 38.0 Å². The molecule has 1 aliphatic heterocycles. The molecule has 28 heavy (non-hydrogen) atoms. The summed E-state index contributed by atoms with van der Waals surface area (Å²) in [6, 6.07) is 4.69. The van der Waals surface area contributed by atoms with E-state index >= 15 is 0 Å². The van der Waals surface area contributed by atoms with Crippen molar-refractivity contribution in [1.29, 1.82) is 0 Å². The molecule has 162 valence electrons. The average molecular weight is 445 g/mol. The van der Waals surface area contributed by atoms with E-state index in [0.29, 0.717) is 11.7 Å². The summed E-state index contributed by atoms with van der Waals surface area (Å²) in [4.78, 5) is 2.45. The van der Waals surface area contributed by atoms with E-state index in [2.05, 4.69) is 15.0 Å². The van der Waals surface area contributed by atoms with Crippen molar-refractivity contribution >= 4 is 24.8 Å². The van der Waals surface area contributed by atoms with Gasteiger partial charge in [0.25, 0.3) is 0 Å². The first kappa shape index (κ1) is 25.1. The fourth-order valence-corrected chi connectivity index (χ4v) is 4.29. The third-order valence-electron chi connectivity index (χ3n) is 5.40. The lowest BCUT2D eigenvalue weighted by atomic mass is 9.80. The van der Waals surface area contributed by atoms with Gasteiger partial charge in [0.15, 0.2) is 0 Å². The molecule has 9 heteroatoms. The van der Waals surface area contributed by atoms with E-state index in [0.717, 1.165) is 44.6 Å². The summed E-state index contributed by atoms with van der Waals surface area (Å²) >= 11 is 0. The monoisotopic (exact) mass is 444 g/mol. The molecule has 1 N–H and O–H groups in total. The van der Waals surface area contributed by atoms with Crippen LogP contribution in [0.5, 0.6) is 11.5 Å². The Bertz CT molecular complexity index is 575. The van der Waals surface area contributed by atoms with Crippen LogP contribution in [0.3, 0.4) is 0 Å². The highest BCUT2D eigenvalue weighted by Crippen LogP contribution is 2.43. The van der Waals surface area contributed by atoms with E-state index in [1.54, 1.807) is 6.07 Å². The molecule has 0 bridgehead atoms. The summed E-state index contributed by atoms with van der Waals surface area (Å²) in [6.45, 7) is 3.73. The number of nitrogens with one attached hydrogen (secondary N) is 1. The Morgan fingerprint density at radius 2 is 1.71 bits per heavy atom. The molecule has 2 fully saturated rings. The molecule has 1 aliphatic carbocycles. The fourth-order valence-electron chi connectivity index (χ4n) is 4.29. The van der Waals surface area contributed by atoms with Crippen LogP contribution in [0.25, 0.3) is 0 Å². The third kappa shape index (κ3) is 6.58. The lowest BCUT2D eigenvalue weighted by Crippen LogP contribution is -2.47. The number of ether oxygens (including phenoxy) is 2. The number of alkyl halides is 3. The van der Waals surface area contributed by atoms with Crippen molar-refractivity contribution in [3.05, 3.63) is 23.8 Å². The fraction of sp³-hybridized carbons (Fsp3) is 0.684. The molecule has 0 radical (unpaired) electrons. The Morgan fingerprint density at radius 1 is 1.07 bits per heavy atom. The maximum Gasteiger partial charge on any atom is 0.573 e. The highest BCUT2D eigenvalue weighted by molar-refractivity contribution is 5.85. The molecule has 1 saturated heterocycles. The van der Waals surface area contributed by atoms with E-state index < -0.39 is 6.36 Å². The van der Waals surface area contributed by atoms with E-state index in [4.69, 9.17) is 4.74 Å². The van der Waals surface area contributed by atoms with Gasteiger partial charge in [0, 0.05) is 43.9 Å². The van der Waals surface area contributed by atoms with Crippen molar-refractivity contribution in [1.82, 2.24) is 10.2 Å². The number of piperazine rings is 1. The molecular weight excluding hydrogens is 416 g/mol. The van der Waals surface area contributed by atoms with Crippen LogP contribution in [-0.4, -0.2) is 44.6 Å². The Balaban J connectivity index is 0.00000196. The zero-order valence-electron chi connectivity index (χ0n) is 16.0. The number of halogens is 5. The minimum atomic E-state index is -4.70. The minimum absolute atomic E-state index is 0. The Kier molecular flexibility index (Phi) is 10.2. The average Bonchev–Trinajstić information content (AvgIpc) is 2.63. The molecule has 4 nitrogen and oxygen atoms in total. The Hall–Kier alpha value is -0.890. The predicted molar refractivity (Wildman–Crippen MR) is 108 cm³/mol. The van der Waals surface area contributed by atoms with Crippen LogP contribution in [0.1, 0.15) is 43.7 Å². The second-order valence-corrected chi connectivity index (χ2v) is 7.08. The maximum absolute atomic E-state index is 12.5. The molecule has 1 aromatic rings. The lowest BCUT2D eigenvalue weighted by molar-refractivity contribution is -0.274. The Labute approximate surface area is 177 Å². The number of methoxy groups -OCH3 is 1. The molecular formula is C19H29Cl2F3N2O2. The summed E-state index contributed by atoms with van der Waals surface area (Å²) < 4.78 is 47.2. The standard InChI is InChI=1S/C19H27F3N2O2.2ClH/c1-25-17-13-15(26-19(20,21)22)7-8-16(17)18(14-5-3-2-4-6-14)24-11-9-23-10-12-24;;/h7-8,13-14,18,23H,2-6,9-12H2,1H3;2*1H/t18-;;/m1../s1. The van der Waals surface area contributed by atoms with Crippen LogP contribution in [0.15, 0.2) is 18.2 Å². The predicted octanol–water partition coefficient (Wildman–Crippen LogP) is 4.96. The first-order valence-electron chi connectivity index (χ1n) is 9.36. The van der Waals surface area contributed by atoms with Gasteiger partial charge >= 0.3 is 6.36 Å². The van der Waals surface area contributed by atoms with Gasteiger partial charge in [0.05, 0.1) is 7.11 Å². The van der Waals surface area contributed by atoms with Crippen molar-refractivity contribution in [3.8, 4) is 11.5 Å². The maximum atomic E-state index is 12.5. The van der Waals surface area contributed by atoms with Crippen LogP contribution >= 0.6 is 24.8 Å². The van der Waals surface area contributed by atoms with Crippen molar-refractivity contribution < 1.29 is 22.6 Å². The second-order valence-electron chi connectivity index (χ2n) is 7.08. The molecule has 0 aromatic heterocycles. The van der Waals surface area contributed by atoms with Crippen LogP contribution in [0.2, 0.25) is 0 Å². The molecule has 0 unspecified atom stereocenters. The quantitative estimate of drug-likeness (QED) is 0.695. The summed E-state index contributed by atoms with van der Waals surface area (Å²) in [5.74, 6) is 0.742. The van der Waals surface area contributed by atoms with Crippen LogP contribution in [-0.2, 0) is 0 Å². The van der Waals surface area contributed by atoms with Gasteiger partial charge in [-0.2, -0.15) is 0 Å². The van der Waals surface area contributed by atoms with Gasteiger partial charge in [-0.05, 0) is 24.8 Å². The first-order valence-corrected chi connectivity index (χ1v) is 9.36. The van der Waals surface area contributed by atoms with E-state index in [1.807, 2.05) is 0 Å². The van der Waals surface area contributed by atoms with Crippen LogP contribution in [0, 0.1) is 5.92 Å². The molecule has 0 amide bonds. The van der Waals surface area contributed by atoms with E-state index in [-0.39, 0.29) is 36.6 Å². The number of nitrogens with zero attached hydrogens (tertiary/aromatic N) is 1. The van der Waals surface area contributed by atoms with Crippen molar-refractivity contribution in [3.63, 3.8) is 0 Å². The topological polar surface area (TPSA) is 33.7 Å². The van der Waals surface area contributed by atoms with Gasteiger partial charge in [0.1, 0.15) is 11.5 Å². The smallest absolute Gasteiger partial charge is 0.496 e. The van der Waals surface area contributed by atoms with E-state index in [1.165, 1.54) is 38.5 Å². The number of hydrogen-bond acceptors (Lipinski definition) is 4. The molecule has 3 rings (SSSR count). The third-order valence-corrected chi connectivity index (χ3v) is 5.40. The normalized spacial score (nSPS) is 19.9. The van der Waals surface area contributed by atoms with E-state index in [9.17, 15) is 13.2 Å². The molecule has 0 spiro atoms. The van der Waals surface area contributed by atoms with Gasteiger partial charge in [-0.25, -0.2) is 0 Å². The van der Waals surface area contributed by atoms with Gasteiger partial charge in [0.2, 0.25) is 0 Å². The first-order chi connectivity index (χ1) is 12.5. The highest BCUT2D eigenvalue weighted by Gasteiger charge is 2.34. The second kappa shape index (κ2) is 11.3.